The van der Waals surface area contributed by atoms with E-state index in [1.54, 1.807) is 0 Å². The molecule has 8 heteroatoms. The first-order valence-corrected chi connectivity index (χ1v) is 5.31. The van der Waals surface area contributed by atoms with Gasteiger partial charge in [-0.25, -0.2) is 0 Å². The highest BCUT2D eigenvalue weighted by Gasteiger charge is 2.61. The number of likely N-dealkylation sites (N-methyl/N-ethyl adjacent to an activating group) is 1. The summed E-state index contributed by atoms with van der Waals surface area (Å²) in [5, 5.41) is 2.05. The van der Waals surface area contributed by atoms with Crippen LogP contribution in [0.4, 0.5) is 26.3 Å². The molecule has 0 aromatic heterocycles. The fourth-order valence-electron chi connectivity index (χ4n) is 1.83. The average Bonchev–Trinajstić information content (AvgIpc) is 2.23. The number of allylic oxidation sites excluding steroid dienone is 1. The highest BCUT2D eigenvalue weighted by Crippen LogP contribution is 2.43. The summed E-state index contributed by atoms with van der Waals surface area (Å²) in [5.74, 6) is -3.76. The van der Waals surface area contributed by atoms with Gasteiger partial charge < -0.3 is 10.1 Å². The minimum atomic E-state index is -5.38. The van der Waals surface area contributed by atoms with Crippen molar-refractivity contribution in [2.75, 3.05) is 13.7 Å². The third-order valence-electron chi connectivity index (χ3n) is 2.62. The summed E-state index contributed by atoms with van der Waals surface area (Å²) in [4.78, 5) is 0. The van der Waals surface area contributed by atoms with Crippen molar-refractivity contribution in [3.63, 3.8) is 0 Å². The maximum Gasteiger partial charge on any atom is 0.402 e. The molecule has 2 nitrogen and oxygen atoms in total. The van der Waals surface area contributed by atoms with Gasteiger partial charge in [0, 0.05) is 0 Å². The van der Waals surface area contributed by atoms with Gasteiger partial charge in [0.2, 0.25) is 0 Å². The lowest BCUT2D eigenvalue weighted by atomic mass is 9.95. The monoisotopic (exact) mass is 277 g/mol. The lowest BCUT2D eigenvalue weighted by Crippen LogP contribution is -2.51. The molecule has 0 aromatic carbocycles. The van der Waals surface area contributed by atoms with E-state index in [2.05, 4.69) is 5.32 Å². The fraction of sp³-hybridized carbons (Fsp3) is 0.800. The van der Waals surface area contributed by atoms with Gasteiger partial charge in [-0.1, -0.05) is 0 Å². The predicted octanol–water partition coefficient (Wildman–Crippen LogP) is 3.01. The third kappa shape index (κ3) is 3.54. The van der Waals surface area contributed by atoms with Crippen molar-refractivity contribution in [2.45, 2.75) is 31.2 Å². The number of alkyl halides is 6. The Kier molecular flexibility index (Phi) is 4.52. The van der Waals surface area contributed by atoms with Crippen LogP contribution in [0.25, 0.3) is 0 Å². The van der Waals surface area contributed by atoms with E-state index in [0.717, 1.165) is 7.05 Å². The first-order valence-electron chi connectivity index (χ1n) is 5.31. The van der Waals surface area contributed by atoms with Gasteiger partial charge in [-0.3, -0.25) is 0 Å². The molecule has 1 aliphatic rings. The second kappa shape index (κ2) is 5.38. The van der Waals surface area contributed by atoms with Crippen molar-refractivity contribution in [1.29, 1.82) is 0 Å². The van der Waals surface area contributed by atoms with Crippen LogP contribution >= 0.6 is 0 Å². The summed E-state index contributed by atoms with van der Waals surface area (Å²) >= 11 is 0. The van der Waals surface area contributed by atoms with E-state index in [0.29, 0.717) is 12.8 Å². The topological polar surface area (TPSA) is 21.3 Å². The standard InChI is InChI=1S/C10H13F6NO/c1-17-7(6-4-2-3-5-18-6)8(9(11,12)13)10(14,15)16/h4,7-8,17H,2-3,5H2,1H3. The molecule has 0 bridgehead atoms. The van der Waals surface area contributed by atoms with Crippen molar-refractivity contribution in [2.24, 2.45) is 5.92 Å². The molecule has 0 saturated carbocycles. The zero-order chi connectivity index (χ0) is 14.0. The van der Waals surface area contributed by atoms with Gasteiger partial charge in [0.05, 0.1) is 12.6 Å². The summed E-state index contributed by atoms with van der Waals surface area (Å²) in [6.07, 6.45) is -8.49. The normalized spacial score (nSPS) is 19.4. The summed E-state index contributed by atoms with van der Waals surface area (Å²) in [5.41, 5.74) is 0. The van der Waals surface area contributed by atoms with E-state index in [9.17, 15) is 26.3 Å². The minimum absolute atomic E-state index is 0.131. The molecule has 1 atom stereocenters. The van der Waals surface area contributed by atoms with Crippen molar-refractivity contribution in [3.8, 4) is 0 Å². The molecule has 106 valence electrons. The highest BCUT2D eigenvalue weighted by atomic mass is 19.4. The van der Waals surface area contributed by atoms with E-state index >= 15 is 0 Å². The molecule has 1 unspecified atom stereocenters. The number of ether oxygens (including phenoxy) is 1. The number of halogens is 6. The Morgan fingerprint density at radius 1 is 1.17 bits per heavy atom. The van der Waals surface area contributed by atoms with Crippen molar-refractivity contribution < 1.29 is 31.1 Å². The van der Waals surface area contributed by atoms with Gasteiger partial charge >= 0.3 is 12.4 Å². The number of hydrogen-bond acceptors (Lipinski definition) is 2. The van der Waals surface area contributed by atoms with E-state index in [1.807, 2.05) is 0 Å². The van der Waals surface area contributed by atoms with Gasteiger partial charge in [-0.15, -0.1) is 0 Å². The van der Waals surface area contributed by atoms with Crippen LogP contribution in [0.2, 0.25) is 0 Å². The van der Waals surface area contributed by atoms with Crippen LogP contribution in [0.5, 0.6) is 0 Å². The SMILES string of the molecule is CNC(C1=CCCCO1)C(C(F)(F)F)C(F)(F)F. The second-order valence-electron chi connectivity index (χ2n) is 3.92. The van der Waals surface area contributed by atoms with Crippen LogP contribution in [-0.2, 0) is 4.74 Å². The first kappa shape index (κ1) is 15.1. The smallest absolute Gasteiger partial charge is 0.402 e. The number of hydrogen-bond donors (Lipinski definition) is 1. The fourth-order valence-corrected chi connectivity index (χ4v) is 1.83. The van der Waals surface area contributed by atoms with Crippen LogP contribution in [-0.4, -0.2) is 32.0 Å². The van der Waals surface area contributed by atoms with Crippen LogP contribution in [0.1, 0.15) is 12.8 Å². The highest BCUT2D eigenvalue weighted by molar-refractivity contribution is 5.10. The molecule has 0 amide bonds. The molecule has 0 saturated heterocycles. The van der Waals surface area contributed by atoms with Gasteiger partial charge in [0.1, 0.15) is 5.76 Å². The quantitative estimate of drug-likeness (QED) is 0.801. The molecule has 0 radical (unpaired) electrons. The Morgan fingerprint density at radius 2 is 1.72 bits per heavy atom. The molecule has 0 fully saturated rings. The van der Waals surface area contributed by atoms with Crippen LogP contribution in [0.15, 0.2) is 11.8 Å². The van der Waals surface area contributed by atoms with Crippen LogP contribution < -0.4 is 5.32 Å². The van der Waals surface area contributed by atoms with Gasteiger partial charge in [-0.05, 0) is 26.0 Å². The maximum absolute atomic E-state index is 12.6. The minimum Gasteiger partial charge on any atom is -0.497 e. The lowest BCUT2D eigenvalue weighted by molar-refractivity contribution is -0.290. The molecule has 0 aliphatic carbocycles. The molecule has 0 aromatic rings. The van der Waals surface area contributed by atoms with E-state index in [-0.39, 0.29) is 12.4 Å². The summed E-state index contributed by atoms with van der Waals surface area (Å²) in [6.45, 7) is 0.131. The van der Waals surface area contributed by atoms with Gasteiger partial charge in [0.15, 0.2) is 5.92 Å². The molecule has 1 aliphatic heterocycles. The zero-order valence-electron chi connectivity index (χ0n) is 9.53. The Bertz CT molecular complexity index is 294. The van der Waals surface area contributed by atoms with Crippen LogP contribution in [0, 0.1) is 5.92 Å². The molecule has 1 rings (SSSR count). The van der Waals surface area contributed by atoms with E-state index in [1.165, 1.54) is 6.08 Å². The predicted molar refractivity (Wildman–Crippen MR) is 51.7 cm³/mol. The third-order valence-corrected chi connectivity index (χ3v) is 2.62. The van der Waals surface area contributed by atoms with Gasteiger partial charge in [0.25, 0.3) is 0 Å². The summed E-state index contributed by atoms with van der Waals surface area (Å²) in [6, 6.07) is -1.94. The summed E-state index contributed by atoms with van der Waals surface area (Å²) in [7, 11) is 1.05. The van der Waals surface area contributed by atoms with Crippen LogP contribution in [0.3, 0.4) is 0 Å². The van der Waals surface area contributed by atoms with Gasteiger partial charge in [-0.2, -0.15) is 26.3 Å². The van der Waals surface area contributed by atoms with E-state index in [4.69, 9.17) is 4.74 Å². The summed E-state index contributed by atoms with van der Waals surface area (Å²) < 4.78 is 80.3. The van der Waals surface area contributed by atoms with Crippen molar-refractivity contribution >= 4 is 0 Å². The maximum atomic E-state index is 12.6. The largest absolute Gasteiger partial charge is 0.497 e. The first-order chi connectivity index (χ1) is 8.18. The molecule has 1 N–H and O–H groups in total. The molecule has 18 heavy (non-hydrogen) atoms. The molecule has 1 heterocycles. The van der Waals surface area contributed by atoms with Crippen molar-refractivity contribution in [1.82, 2.24) is 5.32 Å². The average molecular weight is 277 g/mol. The Morgan fingerprint density at radius 3 is 2.06 bits per heavy atom. The Balaban J connectivity index is 3.05. The second-order valence-corrected chi connectivity index (χ2v) is 3.92. The molecular weight excluding hydrogens is 264 g/mol. The van der Waals surface area contributed by atoms with Crippen molar-refractivity contribution in [3.05, 3.63) is 11.8 Å². The Labute approximate surface area is 100.0 Å². The zero-order valence-corrected chi connectivity index (χ0v) is 9.53. The molecular formula is C10H13F6NO. The Hall–Kier alpha value is -0.920. The molecule has 0 spiro atoms. The number of nitrogens with one attached hydrogen (secondary N) is 1. The van der Waals surface area contributed by atoms with E-state index < -0.39 is 24.3 Å². The lowest BCUT2D eigenvalue weighted by Gasteiger charge is -2.32. The number of rotatable bonds is 3.